The van der Waals surface area contributed by atoms with Gasteiger partial charge in [0.25, 0.3) is 0 Å². The third-order valence-electron chi connectivity index (χ3n) is 2.69. The number of carbonyl (C=O) groups excluding carboxylic acids is 1. The van der Waals surface area contributed by atoms with Crippen LogP contribution in [0.1, 0.15) is 12.5 Å². The molecule has 1 rings (SSSR count). The maximum absolute atomic E-state index is 11.7. The van der Waals surface area contributed by atoms with Gasteiger partial charge in [0.1, 0.15) is 5.75 Å². The molecule has 0 heterocycles. The molecule has 0 bridgehead atoms. The Balaban J connectivity index is 2.42. The quantitative estimate of drug-likeness (QED) is 0.684. The van der Waals surface area contributed by atoms with Crippen LogP contribution in [0.15, 0.2) is 24.3 Å². The Labute approximate surface area is 107 Å². The van der Waals surface area contributed by atoms with E-state index in [-0.39, 0.29) is 17.8 Å². The first kappa shape index (κ1) is 14.5. The van der Waals surface area contributed by atoms with E-state index in [2.05, 4.69) is 5.32 Å². The Morgan fingerprint density at radius 2 is 2.06 bits per heavy atom. The minimum absolute atomic E-state index is 0.0326. The van der Waals surface area contributed by atoms with Crippen LogP contribution in [0.5, 0.6) is 5.75 Å². The highest BCUT2D eigenvalue weighted by atomic mass is 16.5. The third kappa shape index (κ3) is 4.73. The van der Waals surface area contributed by atoms with Crippen molar-refractivity contribution in [2.75, 3.05) is 13.7 Å². The average molecular weight is 252 g/mol. The molecule has 0 saturated heterocycles. The summed E-state index contributed by atoms with van der Waals surface area (Å²) in [6, 6.07) is 6.05. The van der Waals surface area contributed by atoms with Crippen molar-refractivity contribution >= 4 is 5.91 Å². The van der Waals surface area contributed by atoms with Crippen molar-refractivity contribution in [3.8, 4) is 5.75 Å². The number of methoxy groups -OCH3 is 1. The first-order valence-corrected chi connectivity index (χ1v) is 5.87. The van der Waals surface area contributed by atoms with Crippen molar-refractivity contribution in [3.05, 3.63) is 29.8 Å². The van der Waals surface area contributed by atoms with Gasteiger partial charge in [-0.3, -0.25) is 4.79 Å². The van der Waals surface area contributed by atoms with Crippen molar-refractivity contribution in [2.45, 2.75) is 25.5 Å². The van der Waals surface area contributed by atoms with Gasteiger partial charge in [0.2, 0.25) is 5.91 Å². The number of benzene rings is 1. The lowest BCUT2D eigenvalue weighted by atomic mass is 10.1. The number of hydrogen-bond donors (Lipinski definition) is 3. The smallest absolute Gasteiger partial charge is 0.237 e. The largest absolute Gasteiger partial charge is 0.508 e. The summed E-state index contributed by atoms with van der Waals surface area (Å²) in [5.41, 5.74) is 6.71. The molecule has 1 aromatic carbocycles. The molecule has 0 aliphatic rings. The fraction of sp³-hybridized carbons (Fsp3) is 0.462. The number of phenols is 1. The number of nitrogens with two attached hydrogens (primary N) is 1. The zero-order valence-corrected chi connectivity index (χ0v) is 10.7. The summed E-state index contributed by atoms with van der Waals surface area (Å²) in [5, 5.41) is 11.9. The lowest BCUT2D eigenvalue weighted by Gasteiger charge is -2.15. The highest BCUT2D eigenvalue weighted by molar-refractivity contribution is 5.81. The molecule has 0 aromatic heterocycles. The van der Waals surface area contributed by atoms with Gasteiger partial charge in [0.05, 0.1) is 12.1 Å². The van der Waals surface area contributed by atoms with Crippen LogP contribution in [0.4, 0.5) is 0 Å². The highest BCUT2D eigenvalue weighted by Gasteiger charge is 2.14. The van der Waals surface area contributed by atoms with Crippen LogP contribution in [0.25, 0.3) is 0 Å². The molecule has 18 heavy (non-hydrogen) atoms. The second kappa shape index (κ2) is 6.98. The molecule has 1 amide bonds. The van der Waals surface area contributed by atoms with Crippen LogP contribution in [-0.2, 0) is 16.0 Å². The van der Waals surface area contributed by atoms with Gasteiger partial charge in [0, 0.05) is 13.7 Å². The van der Waals surface area contributed by atoms with E-state index >= 15 is 0 Å². The van der Waals surface area contributed by atoms with Crippen LogP contribution >= 0.6 is 0 Å². The molecule has 4 N–H and O–H groups in total. The first-order valence-electron chi connectivity index (χ1n) is 5.87. The summed E-state index contributed by atoms with van der Waals surface area (Å²) >= 11 is 0. The van der Waals surface area contributed by atoms with Crippen LogP contribution < -0.4 is 11.1 Å². The lowest BCUT2D eigenvalue weighted by molar-refractivity contribution is -0.122. The second-order valence-electron chi connectivity index (χ2n) is 4.27. The maximum atomic E-state index is 11.7. The van der Waals surface area contributed by atoms with E-state index < -0.39 is 6.04 Å². The SMILES string of the molecule is COC(C)CNC(=O)[C@@H](N)Cc1ccc(O)cc1. The van der Waals surface area contributed by atoms with Gasteiger partial charge < -0.3 is 20.9 Å². The number of hydrogen-bond acceptors (Lipinski definition) is 4. The molecule has 1 unspecified atom stereocenters. The maximum Gasteiger partial charge on any atom is 0.237 e. The van der Waals surface area contributed by atoms with E-state index in [0.29, 0.717) is 13.0 Å². The molecule has 1 aromatic rings. The highest BCUT2D eigenvalue weighted by Crippen LogP contribution is 2.10. The molecule has 5 heteroatoms. The number of ether oxygens (including phenoxy) is 1. The Kier molecular flexibility index (Phi) is 5.61. The number of aromatic hydroxyl groups is 1. The summed E-state index contributed by atoms with van der Waals surface area (Å²) in [7, 11) is 1.59. The topological polar surface area (TPSA) is 84.6 Å². The van der Waals surface area contributed by atoms with Crippen molar-refractivity contribution in [1.29, 1.82) is 0 Å². The fourth-order valence-corrected chi connectivity index (χ4v) is 1.44. The van der Waals surface area contributed by atoms with Gasteiger partial charge in [-0.15, -0.1) is 0 Å². The summed E-state index contributed by atoms with van der Waals surface area (Å²) in [6.07, 6.45) is 0.405. The Hall–Kier alpha value is -1.59. The number of amides is 1. The van der Waals surface area contributed by atoms with Crippen molar-refractivity contribution in [1.82, 2.24) is 5.32 Å². The molecule has 5 nitrogen and oxygen atoms in total. The molecule has 100 valence electrons. The molecular formula is C13H20N2O3. The van der Waals surface area contributed by atoms with E-state index in [1.165, 1.54) is 0 Å². The first-order chi connectivity index (χ1) is 8.52. The second-order valence-corrected chi connectivity index (χ2v) is 4.27. The van der Waals surface area contributed by atoms with Gasteiger partial charge in [-0.05, 0) is 31.0 Å². The van der Waals surface area contributed by atoms with Gasteiger partial charge >= 0.3 is 0 Å². The zero-order chi connectivity index (χ0) is 13.5. The van der Waals surface area contributed by atoms with Crippen LogP contribution in [0.3, 0.4) is 0 Å². The normalized spacial score (nSPS) is 13.9. The minimum atomic E-state index is -0.599. The predicted octanol–water partition coefficient (Wildman–Crippen LogP) is 0.413. The Morgan fingerprint density at radius 1 is 1.44 bits per heavy atom. The molecule has 0 saturated carbocycles. The van der Waals surface area contributed by atoms with Crippen molar-refractivity contribution in [2.24, 2.45) is 5.73 Å². The number of nitrogens with one attached hydrogen (secondary N) is 1. The van der Waals surface area contributed by atoms with Crippen molar-refractivity contribution in [3.63, 3.8) is 0 Å². The summed E-state index contributed by atoms with van der Waals surface area (Å²) in [6.45, 7) is 2.31. The molecule has 0 spiro atoms. The average Bonchev–Trinajstić information content (AvgIpc) is 2.38. The van der Waals surface area contributed by atoms with Crippen molar-refractivity contribution < 1.29 is 14.6 Å². The molecular weight excluding hydrogens is 232 g/mol. The van der Waals surface area contributed by atoms with E-state index in [0.717, 1.165) is 5.56 Å². The summed E-state index contributed by atoms with van der Waals surface area (Å²) in [4.78, 5) is 11.7. The standard InChI is InChI=1S/C13H20N2O3/c1-9(18-2)8-15-13(17)12(14)7-10-3-5-11(16)6-4-10/h3-6,9,12,16H,7-8,14H2,1-2H3,(H,15,17)/t9?,12-/m0/s1. The molecule has 0 radical (unpaired) electrons. The Bertz CT molecular complexity index is 378. The lowest BCUT2D eigenvalue weighted by Crippen LogP contribution is -2.44. The van der Waals surface area contributed by atoms with Crippen LogP contribution in [-0.4, -0.2) is 36.8 Å². The monoisotopic (exact) mass is 252 g/mol. The predicted molar refractivity (Wildman–Crippen MR) is 69.3 cm³/mol. The number of rotatable bonds is 6. The zero-order valence-electron chi connectivity index (χ0n) is 10.7. The minimum Gasteiger partial charge on any atom is -0.508 e. The number of carbonyl (C=O) groups is 1. The van der Waals surface area contributed by atoms with Gasteiger partial charge in [-0.1, -0.05) is 12.1 Å². The van der Waals surface area contributed by atoms with E-state index in [9.17, 15) is 4.79 Å². The van der Waals surface area contributed by atoms with E-state index in [1.807, 2.05) is 6.92 Å². The van der Waals surface area contributed by atoms with Crippen LogP contribution in [0.2, 0.25) is 0 Å². The molecule has 0 aliphatic carbocycles. The van der Waals surface area contributed by atoms with E-state index in [1.54, 1.807) is 31.4 Å². The van der Waals surface area contributed by atoms with E-state index in [4.69, 9.17) is 15.6 Å². The molecule has 0 fully saturated rings. The van der Waals surface area contributed by atoms with Crippen LogP contribution in [0, 0.1) is 0 Å². The van der Waals surface area contributed by atoms with Gasteiger partial charge in [-0.2, -0.15) is 0 Å². The van der Waals surface area contributed by atoms with Gasteiger partial charge in [-0.25, -0.2) is 0 Å². The van der Waals surface area contributed by atoms with Gasteiger partial charge in [0.15, 0.2) is 0 Å². The summed E-state index contributed by atoms with van der Waals surface area (Å²) in [5.74, 6) is -0.00216. The molecule has 2 atom stereocenters. The molecule has 0 aliphatic heterocycles. The fourth-order valence-electron chi connectivity index (χ4n) is 1.44. The third-order valence-corrected chi connectivity index (χ3v) is 2.69. The number of phenolic OH excluding ortho intramolecular Hbond substituents is 1. The summed E-state index contributed by atoms with van der Waals surface area (Å²) < 4.78 is 5.03. The Morgan fingerprint density at radius 3 is 2.61 bits per heavy atom.